The molecule has 2 N–H and O–H groups in total. The maximum atomic E-state index is 12.0. The molecule has 4 heteroatoms. The average Bonchev–Trinajstić information content (AvgIpc) is 3.28. The second kappa shape index (κ2) is 4.26. The quantitative estimate of drug-likeness (QED) is 0.834. The minimum Gasteiger partial charge on any atom is -0.388 e. The third kappa shape index (κ3) is 2.19. The zero-order chi connectivity index (χ0) is 12.6. The Hall–Kier alpha value is -1.58. The molecule has 96 valence electrons. The number of amides is 1. The van der Waals surface area contributed by atoms with E-state index in [4.69, 9.17) is 0 Å². The predicted octanol–water partition coefficient (Wildman–Crippen LogP) is 2.04. The predicted molar refractivity (Wildman–Crippen MR) is 70.5 cm³/mol. The lowest BCUT2D eigenvalue weighted by molar-refractivity contribution is 0.0937. The number of anilines is 1. The summed E-state index contributed by atoms with van der Waals surface area (Å²) in [5.41, 5.74) is 1.85. The van der Waals surface area contributed by atoms with E-state index in [1.165, 1.54) is 25.7 Å². The highest BCUT2D eigenvalue weighted by Gasteiger charge is 2.53. The van der Waals surface area contributed by atoms with Crippen LogP contribution in [0.15, 0.2) is 18.3 Å². The molecule has 0 unspecified atom stereocenters. The van der Waals surface area contributed by atoms with Gasteiger partial charge >= 0.3 is 0 Å². The summed E-state index contributed by atoms with van der Waals surface area (Å²) in [6, 6.07) is 3.63. The van der Waals surface area contributed by atoms with Gasteiger partial charge in [-0.3, -0.25) is 9.78 Å². The van der Waals surface area contributed by atoms with Gasteiger partial charge in [-0.25, -0.2) is 0 Å². The van der Waals surface area contributed by atoms with Crippen LogP contribution < -0.4 is 10.6 Å². The van der Waals surface area contributed by atoms with Crippen LogP contribution in [-0.2, 0) is 0 Å². The van der Waals surface area contributed by atoms with E-state index >= 15 is 0 Å². The third-order valence-electron chi connectivity index (χ3n) is 4.22. The van der Waals surface area contributed by atoms with Gasteiger partial charge in [0.25, 0.3) is 5.91 Å². The first-order valence-corrected chi connectivity index (χ1v) is 6.65. The first kappa shape index (κ1) is 11.5. The molecule has 2 fully saturated rings. The molecule has 2 saturated carbocycles. The lowest BCUT2D eigenvalue weighted by Gasteiger charge is -2.14. The van der Waals surface area contributed by atoms with Crippen LogP contribution in [0.4, 0.5) is 5.69 Å². The van der Waals surface area contributed by atoms with Gasteiger partial charge < -0.3 is 10.6 Å². The molecule has 18 heavy (non-hydrogen) atoms. The number of carbonyl (C=O) groups is 1. The summed E-state index contributed by atoms with van der Waals surface area (Å²) < 4.78 is 0. The number of rotatable bonds is 5. The van der Waals surface area contributed by atoms with Crippen molar-refractivity contribution in [2.24, 2.45) is 11.3 Å². The van der Waals surface area contributed by atoms with Crippen LogP contribution in [0.3, 0.4) is 0 Å². The van der Waals surface area contributed by atoms with Crippen LogP contribution in [0.5, 0.6) is 0 Å². The summed E-state index contributed by atoms with van der Waals surface area (Å²) in [5, 5.41) is 6.06. The van der Waals surface area contributed by atoms with E-state index in [9.17, 15) is 4.79 Å². The van der Waals surface area contributed by atoms with Crippen LogP contribution in [0, 0.1) is 11.3 Å². The Labute approximate surface area is 107 Å². The molecule has 0 spiro atoms. The normalized spacial score (nSPS) is 20.3. The smallest absolute Gasteiger partial charge is 0.269 e. The topological polar surface area (TPSA) is 54.0 Å². The van der Waals surface area contributed by atoms with Crippen LogP contribution in [-0.4, -0.2) is 24.5 Å². The van der Waals surface area contributed by atoms with Crippen molar-refractivity contribution in [3.63, 3.8) is 0 Å². The van der Waals surface area contributed by atoms with E-state index in [1.807, 2.05) is 13.1 Å². The Balaban J connectivity index is 1.60. The van der Waals surface area contributed by atoms with Crippen molar-refractivity contribution in [3.05, 3.63) is 24.0 Å². The van der Waals surface area contributed by atoms with Gasteiger partial charge in [0.15, 0.2) is 0 Å². The van der Waals surface area contributed by atoms with Crippen molar-refractivity contribution in [3.8, 4) is 0 Å². The molecule has 0 radical (unpaired) electrons. The molecular weight excluding hydrogens is 226 g/mol. The first-order valence-electron chi connectivity index (χ1n) is 6.65. The lowest BCUT2D eigenvalue weighted by atomic mass is 10.0. The van der Waals surface area contributed by atoms with Gasteiger partial charge in [-0.1, -0.05) is 0 Å². The van der Waals surface area contributed by atoms with Gasteiger partial charge in [-0.05, 0) is 49.1 Å². The van der Waals surface area contributed by atoms with Gasteiger partial charge in [-0.15, -0.1) is 0 Å². The molecule has 2 aliphatic carbocycles. The molecule has 1 heterocycles. The number of hydrogen-bond acceptors (Lipinski definition) is 3. The number of aromatic nitrogens is 1. The zero-order valence-electron chi connectivity index (χ0n) is 10.7. The Bertz CT molecular complexity index is 464. The molecule has 1 amide bonds. The highest BCUT2D eigenvalue weighted by molar-refractivity contribution is 5.93. The minimum atomic E-state index is -0.0565. The van der Waals surface area contributed by atoms with Gasteiger partial charge in [0, 0.05) is 25.5 Å². The standard InChI is InChI=1S/C14H19N3O/c1-15-11-4-7-16-12(8-11)13(18)17-9-14(5-6-14)10-2-3-10/h4,7-8,10H,2-3,5-6,9H2,1H3,(H,15,16)(H,17,18). The van der Waals surface area contributed by atoms with Crippen LogP contribution >= 0.6 is 0 Å². The van der Waals surface area contributed by atoms with E-state index in [0.717, 1.165) is 18.2 Å². The second-order valence-electron chi connectivity index (χ2n) is 5.50. The van der Waals surface area contributed by atoms with E-state index in [-0.39, 0.29) is 5.91 Å². The fourth-order valence-electron chi connectivity index (χ4n) is 2.64. The number of pyridine rings is 1. The molecule has 0 aliphatic heterocycles. The highest BCUT2D eigenvalue weighted by atomic mass is 16.1. The van der Waals surface area contributed by atoms with Crippen LogP contribution in [0.1, 0.15) is 36.2 Å². The van der Waals surface area contributed by atoms with Crippen molar-refractivity contribution in [1.29, 1.82) is 0 Å². The summed E-state index contributed by atoms with van der Waals surface area (Å²) >= 11 is 0. The maximum Gasteiger partial charge on any atom is 0.269 e. The van der Waals surface area contributed by atoms with E-state index in [2.05, 4.69) is 15.6 Å². The third-order valence-corrected chi connectivity index (χ3v) is 4.22. The number of nitrogens with zero attached hydrogens (tertiary/aromatic N) is 1. The molecule has 2 aliphatic rings. The SMILES string of the molecule is CNc1ccnc(C(=O)NCC2(C3CC3)CC2)c1. The van der Waals surface area contributed by atoms with Crippen LogP contribution in [0.25, 0.3) is 0 Å². The molecule has 4 nitrogen and oxygen atoms in total. The maximum absolute atomic E-state index is 12.0. The lowest BCUT2D eigenvalue weighted by Crippen LogP contribution is -2.31. The Morgan fingerprint density at radius 1 is 1.50 bits per heavy atom. The van der Waals surface area contributed by atoms with Crippen molar-refractivity contribution >= 4 is 11.6 Å². The van der Waals surface area contributed by atoms with Gasteiger partial charge in [-0.2, -0.15) is 0 Å². The van der Waals surface area contributed by atoms with Gasteiger partial charge in [0.1, 0.15) is 5.69 Å². The first-order chi connectivity index (χ1) is 8.73. The van der Waals surface area contributed by atoms with Gasteiger partial charge in [0.05, 0.1) is 0 Å². The molecule has 1 aromatic heterocycles. The fourth-order valence-corrected chi connectivity index (χ4v) is 2.64. The number of hydrogen-bond donors (Lipinski definition) is 2. The Kier molecular flexibility index (Phi) is 2.73. The van der Waals surface area contributed by atoms with E-state index in [0.29, 0.717) is 11.1 Å². The van der Waals surface area contributed by atoms with E-state index < -0.39 is 0 Å². The Morgan fingerprint density at radius 3 is 2.89 bits per heavy atom. The Morgan fingerprint density at radius 2 is 2.28 bits per heavy atom. The summed E-state index contributed by atoms with van der Waals surface area (Å²) in [7, 11) is 1.84. The molecular formula is C14H19N3O. The number of nitrogens with one attached hydrogen (secondary N) is 2. The summed E-state index contributed by atoms with van der Waals surface area (Å²) in [4.78, 5) is 16.1. The fraction of sp³-hybridized carbons (Fsp3) is 0.571. The molecule has 0 aromatic carbocycles. The summed E-state index contributed by atoms with van der Waals surface area (Å²) in [6.45, 7) is 0.821. The van der Waals surface area contributed by atoms with Crippen molar-refractivity contribution in [1.82, 2.24) is 10.3 Å². The van der Waals surface area contributed by atoms with Gasteiger partial charge in [0.2, 0.25) is 0 Å². The molecule has 0 atom stereocenters. The van der Waals surface area contributed by atoms with Crippen molar-refractivity contribution in [2.45, 2.75) is 25.7 Å². The number of carbonyl (C=O) groups excluding carboxylic acids is 1. The minimum absolute atomic E-state index is 0.0565. The zero-order valence-corrected chi connectivity index (χ0v) is 10.7. The monoisotopic (exact) mass is 245 g/mol. The summed E-state index contributed by atoms with van der Waals surface area (Å²) in [5.74, 6) is 0.813. The van der Waals surface area contributed by atoms with Crippen molar-refractivity contribution < 1.29 is 4.79 Å². The average molecular weight is 245 g/mol. The van der Waals surface area contributed by atoms with E-state index in [1.54, 1.807) is 12.3 Å². The second-order valence-corrected chi connectivity index (χ2v) is 5.50. The highest BCUT2D eigenvalue weighted by Crippen LogP contribution is 2.60. The largest absolute Gasteiger partial charge is 0.388 e. The summed E-state index contributed by atoms with van der Waals surface area (Å²) in [6.07, 6.45) is 6.92. The molecule has 0 bridgehead atoms. The molecule has 3 rings (SSSR count). The molecule has 1 aromatic rings. The van der Waals surface area contributed by atoms with Crippen molar-refractivity contribution in [2.75, 3.05) is 18.9 Å². The van der Waals surface area contributed by atoms with Crippen LogP contribution in [0.2, 0.25) is 0 Å². The molecule has 0 saturated heterocycles.